The van der Waals surface area contributed by atoms with Gasteiger partial charge in [0.15, 0.2) is 12.2 Å². The first kappa shape index (κ1) is 101. The van der Waals surface area contributed by atoms with Crippen LogP contribution in [0.1, 0.15) is 458 Å². The summed E-state index contributed by atoms with van der Waals surface area (Å²) < 4.78 is 68.8. The average Bonchev–Trinajstić information content (AvgIpc) is 0.924. The summed E-state index contributed by atoms with van der Waals surface area (Å²) in [5.74, 6) is -2.10. The third-order valence-corrected chi connectivity index (χ3v) is 21.8. The molecule has 0 aliphatic rings. The molecular formula is C84H164O17P2. The van der Waals surface area contributed by atoms with Crippen LogP contribution < -0.4 is 0 Å². The molecule has 0 bridgehead atoms. The molecular weight excluding hydrogens is 1340 g/mol. The van der Waals surface area contributed by atoms with Crippen LogP contribution in [-0.4, -0.2) is 96.7 Å². The highest BCUT2D eigenvalue weighted by atomic mass is 31.2. The Morgan fingerprint density at radius 1 is 0.233 bits per heavy atom. The highest BCUT2D eigenvalue weighted by Gasteiger charge is 2.30. The van der Waals surface area contributed by atoms with E-state index in [-0.39, 0.29) is 25.7 Å². The van der Waals surface area contributed by atoms with Gasteiger partial charge in [0.25, 0.3) is 0 Å². The molecule has 0 fully saturated rings. The van der Waals surface area contributed by atoms with Crippen molar-refractivity contribution in [2.24, 2.45) is 0 Å². The van der Waals surface area contributed by atoms with E-state index in [0.717, 1.165) is 89.9 Å². The molecule has 0 saturated heterocycles. The Morgan fingerprint density at radius 3 is 0.573 bits per heavy atom. The molecule has 17 nitrogen and oxygen atoms in total. The van der Waals surface area contributed by atoms with Crippen molar-refractivity contribution in [3.63, 3.8) is 0 Å². The quantitative estimate of drug-likeness (QED) is 0.0222. The zero-order valence-corrected chi connectivity index (χ0v) is 69.1. The summed E-state index contributed by atoms with van der Waals surface area (Å²) in [5.41, 5.74) is 0. The molecule has 0 amide bonds. The lowest BCUT2D eigenvalue weighted by atomic mass is 10.0. The minimum absolute atomic E-state index is 0.109. The summed E-state index contributed by atoms with van der Waals surface area (Å²) in [6, 6.07) is 0. The van der Waals surface area contributed by atoms with E-state index >= 15 is 0 Å². The lowest BCUT2D eigenvalue weighted by molar-refractivity contribution is -0.161. The Morgan fingerprint density at radius 2 is 0.388 bits per heavy atom. The molecule has 0 aromatic heterocycles. The summed E-state index contributed by atoms with van der Waals surface area (Å²) in [6.45, 7) is 5.02. The Labute approximate surface area is 632 Å². The van der Waals surface area contributed by atoms with Gasteiger partial charge in [0.1, 0.15) is 19.3 Å². The number of aliphatic hydroxyl groups excluding tert-OH is 1. The maximum absolute atomic E-state index is 13.1. The van der Waals surface area contributed by atoms with Gasteiger partial charge < -0.3 is 33.8 Å². The van der Waals surface area contributed by atoms with Crippen LogP contribution in [0.25, 0.3) is 0 Å². The van der Waals surface area contributed by atoms with Crippen molar-refractivity contribution in [3.8, 4) is 0 Å². The van der Waals surface area contributed by atoms with Crippen molar-refractivity contribution in [1.29, 1.82) is 0 Å². The molecule has 0 aromatic carbocycles. The summed E-state index contributed by atoms with van der Waals surface area (Å²) in [4.78, 5) is 73.1. The molecule has 2 unspecified atom stereocenters. The Hall–Kier alpha value is -1.94. The second kappa shape index (κ2) is 78.2. The molecule has 0 radical (unpaired) electrons. The van der Waals surface area contributed by atoms with E-state index in [2.05, 4.69) is 27.7 Å². The van der Waals surface area contributed by atoms with E-state index in [9.17, 15) is 43.2 Å². The van der Waals surface area contributed by atoms with Crippen LogP contribution in [0.3, 0.4) is 0 Å². The third-order valence-electron chi connectivity index (χ3n) is 19.9. The standard InChI is InChI=1S/C84H164O17P2/c1-5-9-13-17-21-25-28-31-34-37-39-40-43-46-49-52-55-59-63-67-71-84(89)101-80(75-95-82(87)69-65-61-57-53-50-47-44-42-38-35-32-29-26-22-18-14-10-6-2)77-99-103(92,93)97-73-78(85)72-96-102(90,91)98-76-79(74-94-81(86)68-64-60-56-24-20-16-12-8-4)100-83(88)70-66-62-58-54-51-48-45-41-36-33-30-27-23-19-15-11-7-3/h78-80,85H,5-77H2,1-4H3,(H,90,91)(H,92,93)/t78-,79+,80+/m0/s1. The number of phosphoric acid groups is 2. The Kier molecular flexibility index (Phi) is 76.7. The molecule has 0 aromatic rings. The van der Waals surface area contributed by atoms with Gasteiger partial charge in [-0.15, -0.1) is 0 Å². The largest absolute Gasteiger partial charge is 0.472 e. The van der Waals surface area contributed by atoms with E-state index in [0.29, 0.717) is 25.7 Å². The van der Waals surface area contributed by atoms with Crippen LogP contribution in [-0.2, 0) is 65.4 Å². The molecule has 0 saturated carbocycles. The van der Waals surface area contributed by atoms with E-state index in [1.165, 1.54) is 289 Å². The van der Waals surface area contributed by atoms with Crippen LogP contribution >= 0.6 is 15.6 Å². The number of hydrogen-bond acceptors (Lipinski definition) is 15. The van der Waals surface area contributed by atoms with Crippen molar-refractivity contribution in [2.45, 2.75) is 476 Å². The fraction of sp³-hybridized carbons (Fsp3) is 0.952. The summed E-state index contributed by atoms with van der Waals surface area (Å²) in [7, 11) is -9.92. The SMILES string of the molecule is CCCCCCCCCCCCCCCCCCCCCCC(=O)O[C@H](COC(=O)CCCCCCCCCCCCCCCCCCCC)COP(=O)(O)OC[C@@H](O)COP(=O)(O)OC[C@@H](COC(=O)CCCCCCCCCC)OC(=O)CCCCCCCCCCCCCCCCCCC. The number of unbranched alkanes of at least 4 members (excludes halogenated alkanes) is 59. The van der Waals surface area contributed by atoms with Gasteiger partial charge in [-0.25, -0.2) is 9.13 Å². The first-order valence-electron chi connectivity index (χ1n) is 43.8. The second-order valence-electron chi connectivity index (χ2n) is 30.2. The number of phosphoric ester groups is 2. The lowest BCUT2D eigenvalue weighted by Gasteiger charge is -2.21. The summed E-state index contributed by atoms with van der Waals surface area (Å²) in [6.07, 6.45) is 72.3. The molecule has 5 atom stereocenters. The number of carbonyl (C=O) groups is 4. The Balaban J connectivity index is 5.19. The highest BCUT2D eigenvalue weighted by Crippen LogP contribution is 2.45. The molecule has 103 heavy (non-hydrogen) atoms. The minimum Gasteiger partial charge on any atom is -0.462 e. The van der Waals surface area contributed by atoms with Crippen molar-refractivity contribution >= 4 is 39.5 Å². The molecule has 612 valence electrons. The summed E-state index contributed by atoms with van der Waals surface area (Å²) >= 11 is 0. The first-order valence-corrected chi connectivity index (χ1v) is 46.8. The maximum atomic E-state index is 13.1. The van der Waals surface area contributed by atoms with Gasteiger partial charge in [0.05, 0.1) is 26.4 Å². The summed E-state index contributed by atoms with van der Waals surface area (Å²) in [5, 5.41) is 10.7. The Bertz CT molecular complexity index is 1950. The monoisotopic (exact) mass is 1510 g/mol. The van der Waals surface area contributed by atoms with E-state index in [4.69, 9.17) is 37.0 Å². The van der Waals surface area contributed by atoms with Gasteiger partial charge in [0, 0.05) is 25.7 Å². The number of rotatable bonds is 85. The third kappa shape index (κ3) is 78.0. The smallest absolute Gasteiger partial charge is 0.462 e. The van der Waals surface area contributed by atoms with Crippen molar-refractivity contribution in [2.75, 3.05) is 39.6 Å². The number of carbonyl (C=O) groups excluding carboxylic acids is 4. The predicted octanol–water partition coefficient (Wildman–Crippen LogP) is 25.7. The second-order valence-corrected chi connectivity index (χ2v) is 33.1. The minimum atomic E-state index is -4.96. The van der Waals surface area contributed by atoms with Crippen LogP contribution in [0.2, 0.25) is 0 Å². The lowest BCUT2D eigenvalue weighted by Crippen LogP contribution is -2.30. The van der Waals surface area contributed by atoms with Gasteiger partial charge in [-0.05, 0) is 25.7 Å². The highest BCUT2D eigenvalue weighted by molar-refractivity contribution is 7.47. The molecule has 3 N–H and O–H groups in total. The van der Waals surface area contributed by atoms with E-state index in [1.54, 1.807) is 0 Å². The van der Waals surface area contributed by atoms with Crippen molar-refractivity contribution in [1.82, 2.24) is 0 Å². The number of aliphatic hydroxyl groups is 1. The van der Waals surface area contributed by atoms with Gasteiger partial charge in [-0.1, -0.05) is 407 Å². The fourth-order valence-corrected chi connectivity index (χ4v) is 14.7. The number of hydrogen-bond donors (Lipinski definition) is 3. The predicted molar refractivity (Wildman–Crippen MR) is 423 cm³/mol. The van der Waals surface area contributed by atoms with Crippen LogP contribution in [0.15, 0.2) is 0 Å². The van der Waals surface area contributed by atoms with Crippen molar-refractivity contribution in [3.05, 3.63) is 0 Å². The van der Waals surface area contributed by atoms with Crippen LogP contribution in [0.5, 0.6) is 0 Å². The maximum Gasteiger partial charge on any atom is 0.472 e. The normalized spacial score (nSPS) is 13.7. The van der Waals surface area contributed by atoms with E-state index in [1.807, 2.05) is 0 Å². The molecule has 19 heteroatoms. The van der Waals surface area contributed by atoms with Gasteiger partial charge in [0.2, 0.25) is 0 Å². The topological polar surface area (TPSA) is 237 Å². The molecule has 0 spiro atoms. The van der Waals surface area contributed by atoms with Crippen molar-refractivity contribution < 1.29 is 80.2 Å². The zero-order valence-electron chi connectivity index (χ0n) is 67.3. The number of ether oxygens (including phenoxy) is 4. The molecule has 0 heterocycles. The fourth-order valence-electron chi connectivity index (χ4n) is 13.2. The zero-order chi connectivity index (χ0) is 75.3. The van der Waals surface area contributed by atoms with Crippen LogP contribution in [0.4, 0.5) is 0 Å². The molecule has 0 aliphatic heterocycles. The average molecular weight is 1510 g/mol. The first-order chi connectivity index (χ1) is 50.2. The van der Waals surface area contributed by atoms with Gasteiger partial charge in [-0.2, -0.15) is 0 Å². The van der Waals surface area contributed by atoms with Gasteiger partial charge in [-0.3, -0.25) is 37.3 Å². The number of esters is 4. The van der Waals surface area contributed by atoms with E-state index < -0.39 is 97.5 Å². The van der Waals surface area contributed by atoms with Crippen LogP contribution in [0, 0.1) is 0 Å². The van der Waals surface area contributed by atoms with Gasteiger partial charge >= 0.3 is 39.5 Å². The molecule has 0 rings (SSSR count). The molecule has 0 aliphatic carbocycles.